The molecule has 0 unspecified atom stereocenters. The maximum Gasteiger partial charge on any atom is 0.335 e. The Bertz CT molecular complexity index is 925. The van der Waals surface area contributed by atoms with E-state index in [9.17, 15) is 14.4 Å². The predicted molar refractivity (Wildman–Crippen MR) is 98.7 cm³/mol. The summed E-state index contributed by atoms with van der Waals surface area (Å²) in [4.78, 5) is 42.3. The number of methoxy groups -OCH3 is 2. The zero-order chi connectivity index (χ0) is 19.4. The zero-order valence-electron chi connectivity index (χ0n) is 14.7. The van der Waals surface area contributed by atoms with Crippen LogP contribution in [-0.4, -0.2) is 38.3 Å². The second-order valence-electron chi connectivity index (χ2n) is 5.60. The average Bonchev–Trinajstić information content (AvgIpc) is 2.68. The molecule has 1 heterocycles. The van der Waals surface area contributed by atoms with E-state index >= 15 is 0 Å². The number of hydrogen-bond donors (Lipinski definition) is 1. The van der Waals surface area contributed by atoms with Gasteiger partial charge in [0.1, 0.15) is 11.5 Å². The van der Waals surface area contributed by atoms with Crippen molar-refractivity contribution in [2.24, 2.45) is 10.9 Å². The molecule has 0 aliphatic carbocycles. The first kappa shape index (κ1) is 18.1. The van der Waals surface area contributed by atoms with Crippen molar-refractivity contribution in [2.75, 3.05) is 19.1 Å². The minimum Gasteiger partial charge on any atom is -0.497 e. The highest BCUT2D eigenvalue weighted by Gasteiger charge is 2.41. The van der Waals surface area contributed by atoms with Gasteiger partial charge < -0.3 is 9.47 Å². The predicted octanol–water partition coefficient (Wildman–Crippen LogP) is 2.31. The number of benzene rings is 2. The molecule has 1 aliphatic rings. The number of anilines is 1. The number of rotatable bonds is 5. The van der Waals surface area contributed by atoms with Crippen molar-refractivity contribution in [3.05, 3.63) is 48.5 Å². The molecular formula is C19H17N3O5. The number of nitrogens with zero attached hydrogens (tertiary/aromatic N) is 2. The molecule has 3 rings (SSSR count). The van der Waals surface area contributed by atoms with Gasteiger partial charge in [-0.05, 0) is 24.3 Å². The molecule has 27 heavy (non-hydrogen) atoms. The lowest BCUT2D eigenvalue weighted by Crippen LogP contribution is -2.58. The molecule has 0 aromatic heterocycles. The quantitative estimate of drug-likeness (QED) is 0.646. The summed E-state index contributed by atoms with van der Waals surface area (Å²) in [7, 11) is 2.95. The van der Waals surface area contributed by atoms with E-state index in [1.807, 2.05) is 0 Å². The molecule has 2 aromatic rings. The van der Waals surface area contributed by atoms with Crippen LogP contribution in [0.5, 0.6) is 11.5 Å². The molecule has 2 aromatic carbocycles. The highest BCUT2D eigenvalue weighted by atomic mass is 16.5. The van der Waals surface area contributed by atoms with Gasteiger partial charge in [0, 0.05) is 12.3 Å². The fourth-order valence-corrected chi connectivity index (χ4v) is 2.62. The van der Waals surface area contributed by atoms with Crippen LogP contribution >= 0.6 is 0 Å². The number of barbiturate groups is 1. The summed E-state index contributed by atoms with van der Waals surface area (Å²) in [5.74, 6) is -1.77. The number of aliphatic imine (C=N–C) groups is 1. The van der Waals surface area contributed by atoms with E-state index in [1.165, 1.54) is 20.4 Å². The topological polar surface area (TPSA) is 97.3 Å². The summed E-state index contributed by atoms with van der Waals surface area (Å²) in [5, 5.41) is 2.17. The lowest BCUT2D eigenvalue weighted by Gasteiger charge is -2.29. The van der Waals surface area contributed by atoms with Crippen LogP contribution in [0.4, 0.5) is 16.2 Å². The maximum absolute atomic E-state index is 12.8. The number of hydrogen-bond acceptors (Lipinski definition) is 6. The molecule has 138 valence electrons. The van der Waals surface area contributed by atoms with Crippen LogP contribution < -0.4 is 19.7 Å². The second-order valence-corrected chi connectivity index (χ2v) is 5.60. The van der Waals surface area contributed by atoms with Gasteiger partial charge in [-0.1, -0.05) is 18.2 Å². The molecular weight excluding hydrogens is 350 g/mol. The Morgan fingerprint density at radius 3 is 2.56 bits per heavy atom. The van der Waals surface area contributed by atoms with Crippen LogP contribution in [0.1, 0.15) is 0 Å². The fourth-order valence-electron chi connectivity index (χ4n) is 2.62. The highest BCUT2D eigenvalue weighted by molar-refractivity contribution is 6.33. The van der Waals surface area contributed by atoms with Crippen LogP contribution in [0.2, 0.25) is 0 Å². The molecule has 1 N–H and O–H groups in total. The van der Waals surface area contributed by atoms with Gasteiger partial charge in [0.25, 0.3) is 5.91 Å². The van der Waals surface area contributed by atoms with Crippen LogP contribution in [0.3, 0.4) is 0 Å². The Balaban J connectivity index is 1.91. The number of urea groups is 1. The molecule has 4 amide bonds. The summed E-state index contributed by atoms with van der Waals surface area (Å²) < 4.78 is 10.3. The summed E-state index contributed by atoms with van der Waals surface area (Å²) in [6.45, 7) is 0. The third kappa shape index (κ3) is 3.64. The van der Waals surface area contributed by atoms with Crippen molar-refractivity contribution >= 4 is 35.4 Å². The first-order valence-electron chi connectivity index (χ1n) is 8.05. The number of carbonyl (C=O) groups is 3. The van der Waals surface area contributed by atoms with Crippen molar-refractivity contribution in [1.29, 1.82) is 0 Å². The molecule has 0 saturated carbocycles. The molecule has 8 nitrogen and oxygen atoms in total. The van der Waals surface area contributed by atoms with Crippen LogP contribution in [0.15, 0.2) is 53.5 Å². The number of para-hydroxylation sites is 2. The standard InChI is InChI=1S/C19H17N3O5/c1-26-13-7-5-6-12(10-13)20-11-14-17(23)21-19(25)22(18(14)24)15-8-3-4-9-16(15)27-2/h3-11,14H,1-2H3,(H,21,23,25)/t14-/m1/s1. The van der Waals surface area contributed by atoms with E-state index in [4.69, 9.17) is 9.47 Å². The van der Waals surface area contributed by atoms with E-state index in [1.54, 1.807) is 48.5 Å². The Labute approximate surface area is 155 Å². The number of nitrogens with one attached hydrogen (secondary N) is 1. The summed E-state index contributed by atoms with van der Waals surface area (Å²) in [6.07, 6.45) is 1.21. The van der Waals surface area contributed by atoms with Gasteiger partial charge >= 0.3 is 6.03 Å². The van der Waals surface area contributed by atoms with E-state index in [2.05, 4.69) is 10.3 Å². The van der Waals surface area contributed by atoms with E-state index < -0.39 is 23.8 Å². The first-order chi connectivity index (χ1) is 13.0. The zero-order valence-corrected chi connectivity index (χ0v) is 14.7. The van der Waals surface area contributed by atoms with Crippen molar-refractivity contribution in [2.45, 2.75) is 0 Å². The van der Waals surface area contributed by atoms with Gasteiger partial charge in [-0.15, -0.1) is 0 Å². The van der Waals surface area contributed by atoms with E-state index in [0.717, 1.165) is 4.90 Å². The minimum absolute atomic E-state index is 0.245. The molecule has 1 saturated heterocycles. The van der Waals surface area contributed by atoms with E-state index in [-0.39, 0.29) is 5.69 Å². The Morgan fingerprint density at radius 2 is 1.81 bits per heavy atom. The molecule has 8 heteroatoms. The molecule has 0 radical (unpaired) electrons. The third-order valence-corrected chi connectivity index (χ3v) is 3.95. The number of ether oxygens (including phenoxy) is 2. The Kier molecular flexibility index (Phi) is 5.16. The van der Waals surface area contributed by atoms with Gasteiger partial charge in [0.2, 0.25) is 5.91 Å². The highest BCUT2D eigenvalue weighted by Crippen LogP contribution is 2.30. The SMILES string of the molecule is COc1cccc(N=C[C@@H]2C(=O)NC(=O)N(c3ccccc3OC)C2=O)c1. The second kappa shape index (κ2) is 7.69. The van der Waals surface area contributed by atoms with Gasteiger partial charge in [-0.3, -0.25) is 19.9 Å². The summed E-state index contributed by atoms with van der Waals surface area (Å²) in [5.41, 5.74) is 0.755. The van der Waals surface area contributed by atoms with Gasteiger partial charge in [0.15, 0.2) is 5.92 Å². The molecule has 0 spiro atoms. The third-order valence-electron chi connectivity index (χ3n) is 3.95. The van der Waals surface area contributed by atoms with Crippen LogP contribution in [0, 0.1) is 5.92 Å². The largest absolute Gasteiger partial charge is 0.497 e. The van der Waals surface area contributed by atoms with Crippen molar-refractivity contribution in [3.8, 4) is 11.5 Å². The number of imide groups is 2. The molecule has 1 aliphatic heterocycles. The number of carbonyl (C=O) groups excluding carboxylic acids is 3. The summed E-state index contributed by atoms with van der Waals surface area (Å²) >= 11 is 0. The average molecular weight is 367 g/mol. The van der Waals surface area contributed by atoms with Crippen LogP contribution in [-0.2, 0) is 9.59 Å². The smallest absolute Gasteiger partial charge is 0.335 e. The molecule has 1 atom stereocenters. The van der Waals surface area contributed by atoms with Crippen molar-refractivity contribution < 1.29 is 23.9 Å². The van der Waals surface area contributed by atoms with E-state index in [0.29, 0.717) is 17.2 Å². The van der Waals surface area contributed by atoms with Crippen LogP contribution in [0.25, 0.3) is 0 Å². The fraction of sp³-hybridized carbons (Fsp3) is 0.158. The molecule has 0 bridgehead atoms. The minimum atomic E-state index is -1.25. The van der Waals surface area contributed by atoms with Crippen molar-refractivity contribution in [3.63, 3.8) is 0 Å². The monoisotopic (exact) mass is 367 g/mol. The normalized spacial score (nSPS) is 17.2. The Hall–Kier alpha value is -3.68. The lowest BCUT2D eigenvalue weighted by molar-refractivity contribution is -0.131. The van der Waals surface area contributed by atoms with Gasteiger partial charge in [-0.25, -0.2) is 9.69 Å². The van der Waals surface area contributed by atoms with Gasteiger partial charge in [-0.2, -0.15) is 0 Å². The van der Waals surface area contributed by atoms with Gasteiger partial charge in [0.05, 0.1) is 25.6 Å². The Morgan fingerprint density at radius 1 is 1.04 bits per heavy atom. The number of amides is 4. The lowest BCUT2D eigenvalue weighted by atomic mass is 10.1. The maximum atomic E-state index is 12.8. The first-order valence-corrected chi connectivity index (χ1v) is 8.05. The molecule has 1 fully saturated rings. The summed E-state index contributed by atoms with van der Waals surface area (Å²) in [6, 6.07) is 12.6. The van der Waals surface area contributed by atoms with Crippen molar-refractivity contribution in [1.82, 2.24) is 5.32 Å².